The zero-order valence-corrected chi connectivity index (χ0v) is 9.84. The molecule has 0 aliphatic heterocycles. The fraction of sp³-hybridized carbons (Fsp3) is 0.545. The minimum absolute atomic E-state index is 0.178. The van der Waals surface area contributed by atoms with E-state index in [9.17, 15) is 4.79 Å². The summed E-state index contributed by atoms with van der Waals surface area (Å²) in [5, 5.41) is 8.32. The van der Waals surface area contributed by atoms with E-state index in [1.54, 1.807) is 7.05 Å². The lowest BCUT2D eigenvalue weighted by Gasteiger charge is -1.95. The van der Waals surface area contributed by atoms with Crippen LogP contribution >= 0.6 is 0 Å². The molecule has 2 aromatic heterocycles. The van der Waals surface area contributed by atoms with Gasteiger partial charge in [0.1, 0.15) is 0 Å². The molecule has 5 heteroatoms. The lowest BCUT2D eigenvalue weighted by atomic mass is 10.3. The molecule has 0 unspecified atom stereocenters. The van der Waals surface area contributed by atoms with E-state index in [4.69, 9.17) is 0 Å². The second-order valence-corrected chi connectivity index (χ2v) is 3.71. The summed E-state index contributed by atoms with van der Waals surface area (Å²) in [7, 11) is 1.63. The van der Waals surface area contributed by atoms with Crippen molar-refractivity contribution in [3.8, 4) is 0 Å². The van der Waals surface area contributed by atoms with Gasteiger partial charge in [0.15, 0.2) is 5.65 Å². The monoisotopic (exact) mass is 220 g/mol. The lowest BCUT2D eigenvalue weighted by Crippen LogP contribution is -2.19. The Morgan fingerprint density at radius 1 is 1.25 bits per heavy atom. The molecule has 0 amide bonds. The van der Waals surface area contributed by atoms with Crippen molar-refractivity contribution in [2.24, 2.45) is 7.05 Å². The van der Waals surface area contributed by atoms with E-state index >= 15 is 0 Å². The molecule has 16 heavy (non-hydrogen) atoms. The minimum atomic E-state index is -0.178. The Balaban J connectivity index is 0.000000457. The van der Waals surface area contributed by atoms with Gasteiger partial charge < -0.3 is 0 Å². The van der Waals surface area contributed by atoms with Gasteiger partial charge in [-0.2, -0.15) is 9.61 Å². The van der Waals surface area contributed by atoms with Gasteiger partial charge in [0, 0.05) is 13.0 Å². The number of nitrogens with zero attached hydrogens (tertiary/aromatic N) is 4. The summed E-state index contributed by atoms with van der Waals surface area (Å²) in [6.45, 7) is 4.00. The molecular formula is C11H16N4O. The summed E-state index contributed by atoms with van der Waals surface area (Å²) in [4.78, 5) is 11.5. The van der Waals surface area contributed by atoms with Gasteiger partial charge in [0.05, 0.1) is 5.69 Å². The first-order chi connectivity index (χ1) is 7.75. The van der Waals surface area contributed by atoms with E-state index in [-0.39, 0.29) is 5.69 Å². The molecule has 0 N–H and O–H groups in total. The summed E-state index contributed by atoms with van der Waals surface area (Å²) >= 11 is 0. The number of aryl methyl sites for hydroxylation is 1. The van der Waals surface area contributed by atoms with Crippen molar-refractivity contribution >= 4 is 5.65 Å². The van der Waals surface area contributed by atoms with E-state index in [0.717, 1.165) is 5.69 Å². The molecule has 0 saturated heterocycles. The molecule has 3 rings (SSSR count). The summed E-state index contributed by atoms with van der Waals surface area (Å²) in [6.07, 6.45) is 2.38. The number of aromatic nitrogens is 4. The van der Waals surface area contributed by atoms with Gasteiger partial charge in [0.2, 0.25) is 0 Å². The average molecular weight is 220 g/mol. The second kappa shape index (κ2) is 4.08. The van der Waals surface area contributed by atoms with Crippen molar-refractivity contribution in [1.29, 1.82) is 0 Å². The number of hydrogen-bond acceptors (Lipinski definition) is 3. The van der Waals surface area contributed by atoms with Crippen LogP contribution in [0, 0.1) is 0 Å². The smallest absolute Gasteiger partial charge is 0.244 e. The van der Waals surface area contributed by atoms with Crippen LogP contribution in [0.25, 0.3) is 5.65 Å². The molecule has 1 aliphatic rings. The third-order valence-electron chi connectivity index (χ3n) is 2.54. The molecule has 0 aromatic carbocycles. The van der Waals surface area contributed by atoms with Crippen molar-refractivity contribution in [2.45, 2.75) is 32.6 Å². The lowest BCUT2D eigenvalue weighted by molar-refractivity contribution is 0.712. The highest BCUT2D eigenvalue weighted by Gasteiger charge is 2.25. The fourth-order valence-corrected chi connectivity index (χ4v) is 1.58. The molecule has 0 spiro atoms. The highest BCUT2D eigenvalue weighted by Crippen LogP contribution is 2.38. The van der Waals surface area contributed by atoms with Crippen molar-refractivity contribution in [3.63, 3.8) is 0 Å². The van der Waals surface area contributed by atoms with Gasteiger partial charge in [-0.05, 0) is 25.0 Å². The second-order valence-electron chi connectivity index (χ2n) is 3.71. The SMILES string of the molecule is CC.Cn1nc2ccc(C3CC3)nn2c1=O. The van der Waals surface area contributed by atoms with Crippen LogP contribution in [0.15, 0.2) is 16.9 Å². The van der Waals surface area contributed by atoms with Gasteiger partial charge in [-0.1, -0.05) is 13.8 Å². The standard InChI is InChI=1S/C9H10N4O.C2H6/c1-12-9(14)13-8(11-12)5-4-7(10-13)6-2-3-6;1-2/h4-6H,2-3H2,1H3;1-2H3. The summed E-state index contributed by atoms with van der Waals surface area (Å²) in [6, 6.07) is 3.81. The zero-order valence-electron chi connectivity index (χ0n) is 9.84. The van der Waals surface area contributed by atoms with Crippen LogP contribution in [0.1, 0.15) is 38.3 Å². The highest BCUT2D eigenvalue weighted by atomic mass is 16.2. The molecule has 0 radical (unpaired) electrons. The maximum absolute atomic E-state index is 11.5. The van der Waals surface area contributed by atoms with Crippen LogP contribution < -0.4 is 5.69 Å². The topological polar surface area (TPSA) is 52.2 Å². The van der Waals surface area contributed by atoms with Crippen LogP contribution in [0.3, 0.4) is 0 Å². The highest BCUT2D eigenvalue weighted by molar-refractivity contribution is 5.35. The molecule has 2 aromatic rings. The predicted molar refractivity (Wildman–Crippen MR) is 61.6 cm³/mol. The molecule has 0 atom stereocenters. The third kappa shape index (κ3) is 1.73. The Morgan fingerprint density at radius 3 is 2.56 bits per heavy atom. The van der Waals surface area contributed by atoms with Crippen LogP contribution in [0.2, 0.25) is 0 Å². The Kier molecular flexibility index (Phi) is 2.77. The minimum Gasteiger partial charge on any atom is -0.244 e. The molecule has 2 heterocycles. The van der Waals surface area contributed by atoms with E-state index in [1.807, 2.05) is 26.0 Å². The summed E-state index contributed by atoms with van der Waals surface area (Å²) < 4.78 is 2.67. The Bertz CT molecular complexity index is 551. The molecule has 0 bridgehead atoms. The average Bonchev–Trinajstić information content (AvgIpc) is 3.11. The van der Waals surface area contributed by atoms with Gasteiger partial charge in [-0.25, -0.2) is 9.48 Å². The summed E-state index contributed by atoms with van der Waals surface area (Å²) in [5.41, 5.74) is 1.44. The van der Waals surface area contributed by atoms with Crippen LogP contribution in [-0.4, -0.2) is 19.4 Å². The van der Waals surface area contributed by atoms with Gasteiger partial charge in [-0.3, -0.25) is 0 Å². The zero-order chi connectivity index (χ0) is 11.7. The van der Waals surface area contributed by atoms with E-state index in [1.165, 1.54) is 22.0 Å². The van der Waals surface area contributed by atoms with Crippen molar-refractivity contribution < 1.29 is 0 Å². The van der Waals surface area contributed by atoms with Crippen molar-refractivity contribution in [3.05, 3.63) is 28.3 Å². The van der Waals surface area contributed by atoms with E-state index in [2.05, 4.69) is 10.2 Å². The Hall–Kier alpha value is -1.65. The van der Waals surface area contributed by atoms with Crippen LogP contribution in [0.5, 0.6) is 0 Å². The molecule has 1 saturated carbocycles. The molecule has 5 nitrogen and oxygen atoms in total. The Morgan fingerprint density at radius 2 is 1.94 bits per heavy atom. The van der Waals surface area contributed by atoms with Crippen molar-refractivity contribution in [2.75, 3.05) is 0 Å². The number of rotatable bonds is 1. The quantitative estimate of drug-likeness (QED) is 0.728. The van der Waals surface area contributed by atoms with E-state index in [0.29, 0.717) is 11.6 Å². The maximum atomic E-state index is 11.5. The number of fused-ring (bicyclic) bond motifs is 1. The van der Waals surface area contributed by atoms with Gasteiger partial charge >= 0.3 is 5.69 Å². The Labute approximate surface area is 93.7 Å². The first-order valence-corrected chi connectivity index (χ1v) is 5.69. The third-order valence-corrected chi connectivity index (χ3v) is 2.54. The normalized spacial score (nSPS) is 14.7. The first-order valence-electron chi connectivity index (χ1n) is 5.69. The first kappa shape index (κ1) is 10.9. The van der Waals surface area contributed by atoms with Crippen LogP contribution in [-0.2, 0) is 7.05 Å². The molecule has 86 valence electrons. The van der Waals surface area contributed by atoms with Crippen LogP contribution in [0.4, 0.5) is 0 Å². The maximum Gasteiger partial charge on any atom is 0.366 e. The predicted octanol–water partition coefficient (Wildman–Crippen LogP) is 1.33. The fourth-order valence-electron chi connectivity index (χ4n) is 1.58. The van der Waals surface area contributed by atoms with Gasteiger partial charge in [0.25, 0.3) is 0 Å². The van der Waals surface area contributed by atoms with Gasteiger partial charge in [-0.15, -0.1) is 5.10 Å². The van der Waals surface area contributed by atoms with E-state index < -0.39 is 0 Å². The van der Waals surface area contributed by atoms with Crippen molar-refractivity contribution in [1.82, 2.24) is 19.4 Å². The number of hydrogen-bond donors (Lipinski definition) is 0. The largest absolute Gasteiger partial charge is 0.366 e. The molecule has 1 fully saturated rings. The molecular weight excluding hydrogens is 204 g/mol. The summed E-state index contributed by atoms with van der Waals surface area (Å²) in [5.74, 6) is 0.562. The molecule has 1 aliphatic carbocycles.